The molecule has 5 nitrogen and oxygen atoms in total. The molecule has 378 valence electrons. The number of ether oxygens (including phenoxy) is 1. The fourth-order valence-electron chi connectivity index (χ4n) is 10.6. The maximum atomic E-state index is 7.16. The SMILES string of the molecule is CC(C)(C)c1ccnc(-n2c3[c-]c(Oc4[c-]c(N5C=CN(c6cc(C(C)(C)c7ccccc7)cc(C(C)(C)c7ccccc7)c6)[CH-]5)cc(-c5ccccc5)c4)cc(C(C)(C)c4ccccc4)c3c3ccccc32)c1.[Pt]. The van der Waals surface area contributed by atoms with Gasteiger partial charge in [0, 0.05) is 60.8 Å². The van der Waals surface area contributed by atoms with E-state index in [0.29, 0.717) is 11.5 Å². The van der Waals surface area contributed by atoms with E-state index < -0.39 is 5.41 Å². The number of benzene rings is 8. The van der Waals surface area contributed by atoms with Crippen molar-refractivity contribution in [2.75, 3.05) is 9.80 Å². The van der Waals surface area contributed by atoms with Gasteiger partial charge in [0.1, 0.15) is 5.82 Å². The molecule has 1 aliphatic rings. The molecule has 0 saturated carbocycles. The summed E-state index contributed by atoms with van der Waals surface area (Å²) in [5.41, 5.74) is 13.5. The van der Waals surface area contributed by atoms with Crippen LogP contribution in [0.25, 0.3) is 38.8 Å². The van der Waals surface area contributed by atoms with Crippen molar-refractivity contribution in [3.8, 4) is 28.4 Å². The van der Waals surface area contributed by atoms with Crippen molar-refractivity contribution in [1.82, 2.24) is 9.55 Å². The van der Waals surface area contributed by atoms with Crippen LogP contribution in [0.3, 0.4) is 0 Å². The Balaban J connectivity index is 0.00000641. The van der Waals surface area contributed by atoms with Crippen LogP contribution in [0.1, 0.15) is 101 Å². The molecule has 0 bridgehead atoms. The van der Waals surface area contributed by atoms with Crippen molar-refractivity contribution in [1.29, 1.82) is 0 Å². The first-order valence-electron chi connectivity index (χ1n) is 25.8. The summed E-state index contributed by atoms with van der Waals surface area (Å²) in [5.74, 6) is 2.01. The molecule has 6 heteroatoms. The minimum Gasteiger partial charge on any atom is -0.509 e. The van der Waals surface area contributed by atoms with Gasteiger partial charge in [0.25, 0.3) is 0 Å². The predicted octanol–water partition coefficient (Wildman–Crippen LogP) is 17.4. The van der Waals surface area contributed by atoms with Crippen LogP contribution in [0.5, 0.6) is 11.5 Å². The van der Waals surface area contributed by atoms with Gasteiger partial charge in [-0.3, -0.25) is 0 Å². The van der Waals surface area contributed by atoms with E-state index in [1.165, 1.54) is 33.4 Å². The van der Waals surface area contributed by atoms with Gasteiger partial charge in [0.15, 0.2) is 0 Å². The molecule has 2 aromatic heterocycles. The molecule has 8 aromatic carbocycles. The summed E-state index contributed by atoms with van der Waals surface area (Å²) in [6.07, 6.45) is 6.17. The fraction of sp³-hybridized carbons (Fsp3) is 0.188. The van der Waals surface area contributed by atoms with Gasteiger partial charge in [-0.05, 0) is 97.9 Å². The van der Waals surface area contributed by atoms with Crippen molar-refractivity contribution in [3.05, 3.63) is 270 Å². The Kier molecular flexibility index (Phi) is 13.6. The van der Waals surface area contributed by atoms with E-state index in [2.05, 4.69) is 302 Å². The van der Waals surface area contributed by atoms with Crippen LogP contribution >= 0.6 is 0 Å². The maximum Gasteiger partial charge on any atom is 0.135 e. The minimum absolute atomic E-state index is 0. The number of hydrogen-bond donors (Lipinski definition) is 0. The second-order valence-electron chi connectivity index (χ2n) is 22.3. The molecule has 75 heavy (non-hydrogen) atoms. The smallest absolute Gasteiger partial charge is 0.135 e. The fourth-order valence-corrected chi connectivity index (χ4v) is 10.6. The van der Waals surface area contributed by atoms with Gasteiger partial charge in [-0.25, -0.2) is 4.98 Å². The number of pyridine rings is 1. The second-order valence-corrected chi connectivity index (χ2v) is 22.3. The zero-order valence-corrected chi connectivity index (χ0v) is 46.6. The van der Waals surface area contributed by atoms with E-state index in [4.69, 9.17) is 9.72 Å². The number of aromatic nitrogens is 2. The molecule has 0 unspecified atom stereocenters. The standard InChI is InChI=1S/C69H63N4O.Pt/c1-66(2,3)53-34-35-70-64(43-53)73-62-33-23-22-32-60(62)65-61(69(8,9)52-30-20-13-21-31-52)45-59(46-63(65)73)74-58-39-49(48-24-14-10-15-25-48)38-56(44-58)71-36-37-72(47-71)57-41-54(67(4,5)50-26-16-11-17-27-50)40-55(42-57)68(6,7)51-28-18-12-19-29-51;/h10-43,45,47H,1-9H3;/q-3;. The first-order valence-corrected chi connectivity index (χ1v) is 25.8. The third-order valence-corrected chi connectivity index (χ3v) is 15.4. The summed E-state index contributed by atoms with van der Waals surface area (Å²) in [7, 11) is 0. The van der Waals surface area contributed by atoms with Crippen molar-refractivity contribution in [2.24, 2.45) is 0 Å². The summed E-state index contributed by atoms with van der Waals surface area (Å²) < 4.78 is 9.42. The first-order chi connectivity index (χ1) is 35.6. The number of fused-ring (bicyclic) bond motifs is 3. The number of rotatable bonds is 12. The van der Waals surface area contributed by atoms with Gasteiger partial charge >= 0.3 is 0 Å². The average Bonchev–Trinajstić information content (AvgIpc) is 4.05. The van der Waals surface area contributed by atoms with E-state index in [1.54, 1.807) is 0 Å². The molecule has 11 rings (SSSR count). The summed E-state index contributed by atoms with van der Waals surface area (Å²) in [5, 5.41) is 2.26. The molecule has 0 saturated heterocycles. The number of anilines is 2. The van der Waals surface area contributed by atoms with Crippen LogP contribution in [0.2, 0.25) is 0 Å². The largest absolute Gasteiger partial charge is 0.509 e. The molecular formula is C69H63N4OPt-3. The first kappa shape index (κ1) is 51.0. The summed E-state index contributed by atoms with van der Waals surface area (Å²) >= 11 is 0. The molecule has 0 spiro atoms. The van der Waals surface area contributed by atoms with E-state index in [9.17, 15) is 0 Å². The van der Waals surface area contributed by atoms with Crippen molar-refractivity contribution in [2.45, 2.75) is 84.0 Å². The van der Waals surface area contributed by atoms with Crippen LogP contribution in [0.15, 0.2) is 213 Å². The molecular weight excluding hydrogens is 1100 g/mol. The second kappa shape index (κ2) is 20.0. The summed E-state index contributed by atoms with van der Waals surface area (Å²) in [6, 6.07) is 77.0. The predicted molar refractivity (Wildman–Crippen MR) is 307 cm³/mol. The normalized spacial score (nSPS) is 13.1. The molecule has 0 atom stereocenters. The molecule has 3 heterocycles. The van der Waals surface area contributed by atoms with Gasteiger partial charge in [0.2, 0.25) is 0 Å². The van der Waals surface area contributed by atoms with Crippen LogP contribution in [-0.4, -0.2) is 9.55 Å². The monoisotopic (exact) mass is 1160 g/mol. The number of para-hydroxylation sites is 1. The Bertz CT molecular complexity index is 3610. The zero-order valence-electron chi connectivity index (χ0n) is 44.3. The van der Waals surface area contributed by atoms with Gasteiger partial charge in [0.05, 0.1) is 0 Å². The molecule has 0 fully saturated rings. The molecule has 0 amide bonds. The van der Waals surface area contributed by atoms with Gasteiger partial charge in [-0.15, -0.1) is 53.8 Å². The third kappa shape index (κ3) is 9.76. The van der Waals surface area contributed by atoms with Crippen LogP contribution in [0.4, 0.5) is 11.4 Å². The summed E-state index contributed by atoms with van der Waals surface area (Å²) in [4.78, 5) is 9.39. The molecule has 0 radical (unpaired) electrons. The Morgan fingerprint density at radius 2 is 1.00 bits per heavy atom. The van der Waals surface area contributed by atoms with Crippen LogP contribution in [0, 0.1) is 18.8 Å². The Morgan fingerprint density at radius 1 is 0.467 bits per heavy atom. The van der Waals surface area contributed by atoms with Crippen molar-refractivity contribution >= 4 is 33.2 Å². The Labute approximate surface area is 458 Å². The van der Waals surface area contributed by atoms with E-state index in [0.717, 1.165) is 55.7 Å². The third-order valence-electron chi connectivity index (χ3n) is 15.4. The maximum absolute atomic E-state index is 7.16. The Hall–Kier alpha value is -7.46. The average molecular weight is 1160 g/mol. The minimum atomic E-state index is -0.425. The van der Waals surface area contributed by atoms with E-state index in [1.807, 2.05) is 6.20 Å². The van der Waals surface area contributed by atoms with Gasteiger partial charge in [-0.1, -0.05) is 219 Å². The molecule has 0 aliphatic carbocycles. The molecule has 0 N–H and O–H groups in total. The van der Waals surface area contributed by atoms with Crippen LogP contribution in [-0.2, 0) is 42.7 Å². The number of hydrogen-bond acceptors (Lipinski definition) is 4. The molecule has 1 aliphatic heterocycles. The van der Waals surface area contributed by atoms with Crippen molar-refractivity contribution < 1.29 is 25.8 Å². The van der Waals surface area contributed by atoms with Crippen LogP contribution < -0.4 is 14.5 Å². The zero-order chi connectivity index (χ0) is 51.4. The van der Waals surface area contributed by atoms with E-state index in [-0.39, 0.29) is 37.3 Å². The number of nitrogens with zero attached hydrogens (tertiary/aromatic N) is 4. The van der Waals surface area contributed by atoms with E-state index >= 15 is 0 Å². The summed E-state index contributed by atoms with van der Waals surface area (Å²) in [6.45, 7) is 22.8. The van der Waals surface area contributed by atoms with Gasteiger partial charge in [-0.2, -0.15) is 0 Å². The van der Waals surface area contributed by atoms with Gasteiger partial charge < -0.3 is 19.1 Å². The van der Waals surface area contributed by atoms with Crippen molar-refractivity contribution in [3.63, 3.8) is 0 Å². The topological polar surface area (TPSA) is 33.5 Å². The molecule has 10 aromatic rings. The Morgan fingerprint density at radius 3 is 1.60 bits per heavy atom. The quantitative estimate of drug-likeness (QED) is 0.114.